The molecule has 184 valence electrons. The van der Waals surface area contributed by atoms with Gasteiger partial charge in [-0.15, -0.1) is 11.3 Å². The van der Waals surface area contributed by atoms with E-state index >= 15 is 0 Å². The third kappa shape index (κ3) is 5.09. The number of nitrogens with one attached hydrogen (secondary N) is 1. The maximum atomic E-state index is 13.4. The number of fused-ring (bicyclic) bond motifs is 1. The summed E-state index contributed by atoms with van der Waals surface area (Å²) in [6.07, 6.45) is -0.816. The molecule has 1 aromatic carbocycles. The molecular weight excluding hydrogens is 478 g/mol. The highest BCUT2D eigenvalue weighted by Crippen LogP contribution is 2.29. The molecule has 0 atom stereocenters. The van der Waals surface area contributed by atoms with Crippen LogP contribution in [0.15, 0.2) is 52.1 Å². The monoisotopic (exact) mass is 502 g/mol. The van der Waals surface area contributed by atoms with E-state index in [-0.39, 0.29) is 47.1 Å². The van der Waals surface area contributed by atoms with Gasteiger partial charge >= 0.3 is 5.69 Å². The first kappa shape index (κ1) is 24.5. The molecule has 0 spiro atoms. The quantitative estimate of drug-likeness (QED) is 0.537. The van der Waals surface area contributed by atoms with Crippen molar-refractivity contribution >= 4 is 33.4 Å². The predicted molar refractivity (Wildman–Crippen MR) is 129 cm³/mol. The lowest BCUT2D eigenvalue weighted by molar-refractivity contribution is -0.123. The molecule has 3 heterocycles. The summed E-state index contributed by atoms with van der Waals surface area (Å²) in [6.45, 7) is 2.23. The van der Waals surface area contributed by atoms with E-state index in [9.17, 15) is 28.0 Å². The number of hydrogen-bond acceptors (Lipinski definition) is 5. The lowest BCUT2D eigenvalue weighted by atomic mass is 10.1. The Morgan fingerprint density at radius 1 is 1.11 bits per heavy atom. The Balaban J connectivity index is 1.81. The maximum absolute atomic E-state index is 13.4. The number of piperazine rings is 1. The number of aromatic nitrogens is 2. The van der Waals surface area contributed by atoms with Crippen LogP contribution >= 0.6 is 11.3 Å². The van der Waals surface area contributed by atoms with Crippen LogP contribution in [0.1, 0.15) is 27.2 Å². The summed E-state index contributed by atoms with van der Waals surface area (Å²) < 4.78 is 27.7. The van der Waals surface area contributed by atoms with Gasteiger partial charge in [-0.05, 0) is 37.0 Å². The van der Waals surface area contributed by atoms with Crippen LogP contribution in [-0.4, -0.2) is 45.5 Å². The van der Waals surface area contributed by atoms with E-state index in [4.69, 9.17) is 0 Å². The molecule has 2 aromatic heterocycles. The summed E-state index contributed by atoms with van der Waals surface area (Å²) in [7, 11) is 0. The highest BCUT2D eigenvalue weighted by Gasteiger charge is 2.28. The van der Waals surface area contributed by atoms with Crippen LogP contribution in [0.2, 0.25) is 0 Å². The highest BCUT2D eigenvalue weighted by atomic mass is 32.1. The second-order valence-corrected chi connectivity index (χ2v) is 9.22. The van der Waals surface area contributed by atoms with Crippen molar-refractivity contribution < 1.29 is 18.4 Å². The molecular formula is C24H24F2N4O4S. The van der Waals surface area contributed by atoms with Crippen molar-refractivity contribution in [2.75, 3.05) is 19.6 Å². The summed E-state index contributed by atoms with van der Waals surface area (Å²) in [4.78, 5) is 53.6. The minimum Gasteiger partial charge on any atom is -0.353 e. The highest BCUT2D eigenvalue weighted by molar-refractivity contribution is 7.20. The van der Waals surface area contributed by atoms with E-state index in [0.29, 0.717) is 25.1 Å². The zero-order valence-electron chi connectivity index (χ0n) is 19.1. The first-order valence-corrected chi connectivity index (χ1v) is 12.0. The average molecular weight is 503 g/mol. The molecule has 8 nitrogen and oxygen atoms in total. The zero-order chi connectivity index (χ0) is 25.1. The van der Waals surface area contributed by atoms with Crippen LogP contribution in [0.5, 0.6) is 0 Å². The number of carbonyl (C=O) groups is 2. The van der Waals surface area contributed by atoms with Gasteiger partial charge in [-0.25, -0.2) is 4.79 Å². The molecule has 1 aliphatic rings. The average Bonchev–Trinajstić information content (AvgIpc) is 3.18. The number of rotatable bonds is 7. The predicted octanol–water partition coefficient (Wildman–Crippen LogP) is 2.52. The summed E-state index contributed by atoms with van der Waals surface area (Å²) in [6, 6.07) is 9.36. The van der Waals surface area contributed by atoms with Gasteiger partial charge in [0, 0.05) is 26.2 Å². The fraction of sp³-hybridized carbons (Fsp3) is 0.333. The van der Waals surface area contributed by atoms with Gasteiger partial charge in [0.15, 0.2) is 0 Å². The Morgan fingerprint density at radius 3 is 2.54 bits per heavy atom. The molecule has 2 amide bonds. The smallest absolute Gasteiger partial charge is 0.332 e. The number of halogens is 2. The topological polar surface area (TPSA) is 93.4 Å². The third-order valence-electron chi connectivity index (χ3n) is 5.93. The summed E-state index contributed by atoms with van der Waals surface area (Å²) >= 11 is 0.982. The Labute approximate surface area is 203 Å². The van der Waals surface area contributed by atoms with Gasteiger partial charge in [-0.2, -0.15) is 8.78 Å². The molecule has 1 aliphatic heterocycles. The van der Waals surface area contributed by atoms with Gasteiger partial charge in [0.25, 0.3) is 17.5 Å². The number of carbonyl (C=O) groups excluding carboxylic acids is 2. The number of nitrogens with zero attached hydrogens (tertiary/aromatic N) is 3. The second-order valence-electron chi connectivity index (χ2n) is 8.22. The zero-order valence-corrected chi connectivity index (χ0v) is 19.9. The summed E-state index contributed by atoms with van der Waals surface area (Å²) in [5.41, 5.74) is 0.229. The van der Waals surface area contributed by atoms with E-state index in [1.807, 2.05) is 30.3 Å². The molecule has 0 radical (unpaired) electrons. The van der Waals surface area contributed by atoms with Gasteiger partial charge in [0.05, 0.1) is 16.8 Å². The number of benzene rings is 1. The molecule has 0 bridgehead atoms. The van der Waals surface area contributed by atoms with Gasteiger partial charge in [-0.3, -0.25) is 23.5 Å². The van der Waals surface area contributed by atoms with Crippen LogP contribution in [0.25, 0.3) is 10.2 Å². The molecule has 1 N–H and O–H groups in total. The molecule has 4 rings (SSSR count). The van der Waals surface area contributed by atoms with Crippen LogP contribution in [-0.2, 0) is 24.3 Å². The first-order chi connectivity index (χ1) is 16.8. The number of thiophene rings is 1. The minimum absolute atomic E-state index is 0.0714. The Kier molecular flexibility index (Phi) is 7.25. The van der Waals surface area contributed by atoms with E-state index < -0.39 is 23.2 Å². The second kappa shape index (κ2) is 10.3. The Hall–Kier alpha value is -3.60. The fourth-order valence-corrected chi connectivity index (χ4v) is 5.42. The molecule has 1 fully saturated rings. The van der Waals surface area contributed by atoms with Crippen LogP contribution < -0.4 is 16.6 Å². The van der Waals surface area contributed by atoms with Gasteiger partial charge in [0.1, 0.15) is 4.83 Å². The van der Waals surface area contributed by atoms with Crippen molar-refractivity contribution in [2.24, 2.45) is 0 Å². The molecule has 11 heteroatoms. The number of allylic oxidation sites excluding steroid dienone is 1. The van der Waals surface area contributed by atoms with Crippen molar-refractivity contribution in [3.8, 4) is 0 Å². The third-order valence-corrected chi connectivity index (χ3v) is 7.24. The van der Waals surface area contributed by atoms with Crippen molar-refractivity contribution in [3.05, 3.63) is 79.3 Å². The lowest BCUT2D eigenvalue weighted by Gasteiger charge is -2.26. The molecule has 3 aromatic rings. The standard InChI is InChI=1S/C24H24F2N4O4S/c1-15-19-21(32)29(12-9-16-6-3-2-4-7-16)24(34)30(11-5-8-17(25)26)23(19)35-20(15)22(33)28-13-10-27-18(31)14-28/h2-4,6-8H,5,9-14H2,1H3,(H,27,31). The van der Waals surface area contributed by atoms with Crippen LogP contribution in [0.4, 0.5) is 8.78 Å². The van der Waals surface area contributed by atoms with Gasteiger partial charge in [0.2, 0.25) is 5.91 Å². The normalized spacial score (nSPS) is 13.7. The molecule has 0 saturated carbocycles. The number of aryl methyl sites for hydroxylation is 3. The summed E-state index contributed by atoms with van der Waals surface area (Å²) in [5, 5.41) is 2.88. The van der Waals surface area contributed by atoms with Crippen LogP contribution in [0.3, 0.4) is 0 Å². The van der Waals surface area contributed by atoms with Crippen molar-refractivity contribution in [1.82, 2.24) is 19.4 Å². The van der Waals surface area contributed by atoms with E-state index in [1.165, 1.54) is 9.47 Å². The minimum atomic E-state index is -1.85. The Bertz CT molecular complexity index is 1420. The summed E-state index contributed by atoms with van der Waals surface area (Å²) in [5.74, 6) is -0.675. The van der Waals surface area contributed by atoms with E-state index in [2.05, 4.69) is 5.32 Å². The first-order valence-electron chi connectivity index (χ1n) is 11.2. The van der Waals surface area contributed by atoms with E-state index in [1.54, 1.807) is 6.92 Å². The molecule has 35 heavy (non-hydrogen) atoms. The maximum Gasteiger partial charge on any atom is 0.332 e. The molecule has 0 aliphatic carbocycles. The fourth-order valence-electron chi connectivity index (χ4n) is 4.14. The number of amides is 2. The molecule has 1 saturated heterocycles. The SMILES string of the molecule is Cc1c(C(=O)N2CCNC(=O)C2)sc2c1c(=O)n(CCc1ccccc1)c(=O)n2CCC=C(F)F. The van der Waals surface area contributed by atoms with Gasteiger partial charge in [-0.1, -0.05) is 30.3 Å². The Morgan fingerprint density at radius 2 is 1.86 bits per heavy atom. The van der Waals surface area contributed by atoms with E-state index in [0.717, 1.165) is 27.5 Å². The largest absolute Gasteiger partial charge is 0.353 e. The number of hydrogen-bond donors (Lipinski definition) is 1. The lowest BCUT2D eigenvalue weighted by Crippen LogP contribution is -2.49. The van der Waals surface area contributed by atoms with Crippen molar-refractivity contribution in [3.63, 3.8) is 0 Å². The van der Waals surface area contributed by atoms with Gasteiger partial charge < -0.3 is 10.2 Å². The van der Waals surface area contributed by atoms with Crippen molar-refractivity contribution in [1.29, 1.82) is 0 Å². The van der Waals surface area contributed by atoms with Crippen LogP contribution in [0, 0.1) is 6.92 Å². The van der Waals surface area contributed by atoms with Crippen molar-refractivity contribution in [2.45, 2.75) is 32.9 Å². The molecule has 0 unspecified atom stereocenters.